The highest BCUT2D eigenvalue weighted by molar-refractivity contribution is 5.93. The van der Waals surface area contributed by atoms with Crippen molar-refractivity contribution in [3.05, 3.63) is 23.3 Å². The minimum atomic E-state index is -0.396. The molecule has 0 aliphatic rings. The number of phenols is 2. The minimum Gasteiger partial charge on any atom is -0.508 e. The largest absolute Gasteiger partial charge is 0.508 e. The first-order valence-corrected chi connectivity index (χ1v) is 3.15. The van der Waals surface area contributed by atoms with Crippen LogP contribution in [0.25, 0.3) is 0 Å². The molecule has 62 valence electrons. The monoisotopic (exact) mass is 166 g/mol. The molecule has 0 spiro atoms. The fourth-order valence-electron chi connectivity index (χ4n) is 0.870. The molecule has 0 atom stereocenters. The zero-order chi connectivity index (χ0) is 9.14. The van der Waals surface area contributed by atoms with Gasteiger partial charge in [-0.05, 0) is 6.07 Å². The Morgan fingerprint density at radius 2 is 1.75 bits per heavy atom. The Labute approximate surface area is 68.1 Å². The Hall–Kier alpha value is -1.84. The van der Waals surface area contributed by atoms with E-state index >= 15 is 0 Å². The maximum atomic E-state index is 10.3. The number of phenolic OH excluding ortho intramolecular Hbond substituents is 2. The molecule has 1 aromatic carbocycles. The lowest BCUT2D eigenvalue weighted by Crippen LogP contribution is -1.90. The zero-order valence-electron chi connectivity index (χ0n) is 6.02. The third-order valence-electron chi connectivity index (χ3n) is 1.42. The molecule has 0 radical (unpaired) electrons. The number of hydrogen-bond donors (Lipinski definition) is 2. The second-order valence-corrected chi connectivity index (χ2v) is 2.20. The molecule has 0 saturated carbocycles. The van der Waals surface area contributed by atoms with Gasteiger partial charge in [0, 0.05) is 11.6 Å². The van der Waals surface area contributed by atoms with Gasteiger partial charge in [0.25, 0.3) is 0 Å². The summed E-state index contributed by atoms with van der Waals surface area (Å²) in [7, 11) is 0. The zero-order valence-corrected chi connectivity index (χ0v) is 6.02. The average Bonchev–Trinajstić information content (AvgIpc) is 2.03. The topological polar surface area (TPSA) is 74.6 Å². The summed E-state index contributed by atoms with van der Waals surface area (Å²) in [6.45, 7) is 0. The molecule has 0 saturated heterocycles. The van der Waals surface area contributed by atoms with E-state index in [9.17, 15) is 9.59 Å². The second-order valence-electron chi connectivity index (χ2n) is 2.20. The molecule has 0 heterocycles. The average molecular weight is 166 g/mol. The van der Waals surface area contributed by atoms with Crippen molar-refractivity contribution < 1.29 is 19.8 Å². The van der Waals surface area contributed by atoms with Crippen molar-refractivity contribution in [2.45, 2.75) is 0 Å². The van der Waals surface area contributed by atoms with Crippen LogP contribution in [0.3, 0.4) is 0 Å². The van der Waals surface area contributed by atoms with Crippen LogP contribution in [0.15, 0.2) is 12.1 Å². The molecule has 12 heavy (non-hydrogen) atoms. The van der Waals surface area contributed by atoms with Crippen LogP contribution >= 0.6 is 0 Å². The van der Waals surface area contributed by atoms with Gasteiger partial charge in [-0.25, -0.2) is 0 Å². The smallest absolute Gasteiger partial charge is 0.154 e. The molecule has 4 nitrogen and oxygen atoms in total. The Morgan fingerprint density at radius 1 is 1.08 bits per heavy atom. The predicted octanol–water partition coefficient (Wildman–Crippen LogP) is 0.723. The Balaban J connectivity index is 3.43. The lowest BCUT2D eigenvalue weighted by Gasteiger charge is -2.00. The summed E-state index contributed by atoms with van der Waals surface area (Å²) in [5, 5.41) is 18.0. The van der Waals surface area contributed by atoms with Crippen molar-refractivity contribution >= 4 is 12.6 Å². The first kappa shape index (κ1) is 8.26. The van der Waals surface area contributed by atoms with Crippen LogP contribution in [0.2, 0.25) is 0 Å². The Kier molecular flexibility index (Phi) is 2.09. The molecule has 0 aromatic heterocycles. The first-order valence-electron chi connectivity index (χ1n) is 3.15. The van der Waals surface area contributed by atoms with Gasteiger partial charge in [-0.3, -0.25) is 9.59 Å². The van der Waals surface area contributed by atoms with Gasteiger partial charge in [-0.2, -0.15) is 0 Å². The van der Waals surface area contributed by atoms with E-state index in [0.29, 0.717) is 12.6 Å². The highest BCUT2D eigenvalue weighted by Crippen LogP contribution is 2.24. The minimum absolute atomic E-state index is 0.0255. The molecule has 0 fully saturated rings. The number of aldehydes is 2. The summed E-state index contributed by atoms with van der Waals surface area (Å²) < 4.78 is 0. The van der Waals surface area contributed by atoms with Crippen LogP contribution in [0.4, 0.5) is 0 Å². The summed E-state index contributed by atoms with van der Waals surface area (Å²) >= 11 is 0. The van der Waals surface area contributed by atoms with Crippen molar-refractivity contribution in [1.29, 1.82) is 0 Å². The van der Waals surface area contributed by atoms with Crippen LogP contribution < -0.4 is 0 Å². The quantitative estimate of drug-likeness (QED) is 0.635. The van der Waals surface area contributed by atoms with Crippen LogP contribution in [-0.2, 0) is 0 Å². The lowest BCUT2D eigenvalue weighted by molar-refractivity contribution is 0.109. The maximum absolute atomic E-state index is 10.3. The van der Waals surface area contributed by atoms with E-state index in [-0.39, 0.29) is 16.9 Å². The summed E-state index contributed by atoms with van der Waals surface area (Å²) in [6, 6.07) is 2.10. The normalized spacial score (nSPS) is 9.33. The van der Waals surface area contributed by atoms with Crippen LogP contribution in [0, 0.1) is 0 Å². The number of carbonyl (C=O) groups is 2. The third-order valence-corrected chi connectivity index (χ3v) is 1.42. The fraction of sp³-hybridized carbons (Fsp3) is 0. The Bertz CT molecular complexity index is 330. The van der Waals surface area contributed by atoms with Gasteiger partial charge in [0.2, 0.25) is 0 Å². The molecule has 1 rings (SSSR count). The molecule has 4 heteroatoms. The van der Waals surface area contributed by atoms with Crippen LogP contribution in [-0.4, -0.2) is 22.8 Å². The standard InChI is InChI=1S/C8H6O4/c9-3-5-1-6(11)2-8(12)7(5)4-10/h1-4,11-12H. The second kappa shape index (κ2) is 3.04. The van der Waals surface area contributed by atoms with Gasteiger partial charge in [0.05, 0.1) is 5.56 Å². The molecule has 0 bridgehead atoms. The van der Waals surface area contributed by atoms with E-state index in [1.807, 2.05) is 0 Å². The molecule has 0 aliphatic heterocycles. The van der Waals surface area contributed by atoms with E-state index in [4.69, 9.17) is 10.2 Å². The summed E-state index contributed by atoms with van der Waals surface area (Å²) in [5.74, 6) is -0.646. The van der Waals surface area contributed by atoms with E-state index < -0.39 is 5.75 Å². The van der Waals surface area contributed by atoms with Crippen molar-refractivity contribution in [2.75, 3.05) is 0 Å². The number of benzene rings is 1. The van der Waals surface area contributed by atoms with Crippen LogP contribution in [0.1, 0.15) is 20.7 Å². The predicted molar refractivity (Wildman–Crippen MR) is 40.5 cm³/mol. The first-order chi connectivity index (χ1) is 5.69. The van der Waals surface area contributed by atoms with E-state index in [1.165, 1.54) is 0 Å². The number of hydrogen-bond acceptors (Lipinski definition) is 4. The molecule has 0 amide bonds. The van der Waals surface area contributed by atoms with Gasteiger partial charge >= 0.3 is 0 Å². The number of rotatable bonds is 2. The molecular formula is C8H6O4. The van der Waals surface area contributed by atoms with Crippen molar-refractivity contribution in [1.82, 2.24) is 0 Å². The molecular weight excluding hydrogens is 160 g/mol. The highest BCUT2D eigenvalue weighted by Gasteiger charge is 2.07. The van der Waals surface area contributed by atoms with E-state index in [0.717, 1.165) is 12.1 Å². The number of carbonyl (C=O) groups excluding carboxylic acids is 2. The highest BCUT2D eigenvalue weighted by atomic mass is 16.3. The van der Waals surface area contributed by atoms with Gasteiger partial charge in [0.15, 0.2) is 12.6 Å². The lowest BCUT2D eigenvalue weighted by atomic mass is 10.1. The van der Waals surface area contributed by atoms with E-state index in [2.05, 4.69) is 0 Å². The molecule has 0 unspecified atom stereocenters. The Morgan fingerprint density at radius 3 is 2.25 bits per heavy atom. The SMILES string of the molecule is O=Cc1cc(O)cc(O)c1C=O. The van der Waals surface area contributed by atoms with Gasteiger partial charge in [-0.15, -0.1) is 0 Å². The third kappa shape index (κ3) is 1.27. The van der Waals surface area contributed by atoms with Gasteiger partial charge in [0.1, 0.15) is 11.5 Å². The van der Waals surface area contributed by atoms with E-state index in [1.54, 1.807) is 0 Å². The van der Waals surface area contributed by atoms with Crippen LogP contribution in [0.5, 0.6) is 11.5 Å². The van der Waals surface area contributed by atoms with Crippen molar-refractivity contribution in [3.63, 3.8) is 0 Å². The fourth-order valence-corrected chi connectivity index (χ4v) is 0.870. The van der Waals surface area contributed by atoms with Gasteiger partial charge in [-0.1, -0.05) is 0 Å². The molecule has 1 aromatic rings. The van der Waals surface area contributed by atoms with Crippen molar-refractivity contribution in [2.24, 2.45) is 0 Å². The van der Waals surface area contributed by atoms with Crippen molar-refractivity contribution in [3.8, 4) is 11.5 Å². The maximum Gasteiger partial charge on any atom is 0.154 e. The van der Waals surface area contributed by atoms with Gasteiger partial charge < -0.3 is 10.2 Å². The summed E-state index contributed by atoms with van der Waals surface area (Å²) in [4.78, 5) is 20.6. The molecule has 0 aliphatic carbocycles. The number of aromatic hydroxyl groups is 2. The molecule has 2 N–H and O–H groups in total. The summed E-state index contributed by atoms with van der Waals surface area (Å²) in [6.07, 6.45) is 0.752. The summed E-state index contributed by atoms with van der Waals surface area (Å²) in [5.41, 5.74) is -0.134.